The molecule has 0 radical (unpaired) electrons. The van der Waals surface area contributed by atoms with Crippen LogP contribution in [-0.4, -0.2) is 24.6 Å². The zero-order chi connectivity index (χ0) is 11.7. The fraction of sp³-hybridized carbons (Fsp3) is 0.636. The lowest BCUT2D eigenvalue weighted by atomic mass is 10.3. The zero-order valence-corrected chi connectivity index (χ0v) is 9.32. The van der Waals surface area contributed by atoms with E-state index in [0.717, 1.165) is 0 Å². The molecule has 0 aliphatic rings. The van der Waals surface area contributed by atoms with Crippen molar-refractivity contribution in [2.45, 2.75) is 39.2 Å². The normalized spacial score (nSPS) is 11.6. The summed E-state index contributed by atoms with van der Waals surface area (Å²) in [6.07, 6.45) is 2.26. The fourth-order valence-electron chi connectivity index (χ4n) is 1.00. The van der Waals surface area contributed by atoms with Crippen molar-refractivity contribution in [1.29, 1.82) is 0 Å². The van der Waals surface area contributed by atoms with Gasteiger partial charge in [0, 0.05) is 6.42 Å². The highest BCUT2D eigenvalue weighted by atomic mass is 16.5. The van der Waals surface area contributed by atoms with Gasteiger partial charge >= 0.3 is 11.9 Å². The van der Waals surface area contributed by atoms with Crippen LogP contribution in [-0.2, 0) is 19.1 Å². The molecule has 0 rings (SSSR count). The van der Waals surface area contributed by atoms with Crippen molar-refractivity contribution in [3.05, 3.63) is 12.7 Å². The number of carbonyl (C=O) groups excluding carboxylic acids is 2. The van der Waals surface area contributed by atoms with Crippen molar-refractivity contribution in [3.63, 3.8) is 0 Å². The van der Waals surface area contributed by atoms with Gasteiger partial charge in [-0.25, -0.2) is 0 Å². The highest BCUT2D eigenvalue weighted by Crippen LogP contribution is 2.02. The maximum atomic E-state index is 11.2. The van der Waals surface area contributed by atoms with Gasteiger partial charge in [0.25, 0.3) is 0 Å². The Bertz CT molecular complexity index is 223. The van der Waals surface area contributed by atoms with Crippen LogP contribution in [0.15, 0.2) is 12.7 Å². The van der Waals surface area contributed by atoms with Gasteiger partial charge in [0.2, 0.25) is 0 Å². The molecule has 0 aliphatic carbocycles. The smallest absolute Gasteiger partial charge is 0.306 e. The second-order valence-corrected chi connectivity index (χ2v) is 3.13. The number of esters is 2. The summed E-state index contributed by atoms with van der Waals surface area (Å²) in [6.45, 7) is 7.38. The van der Waals surface area contributed by atoms with Crippen molar-refractivity contribution in [1.82, 2.24) is 0 Å². The maximum absolute atomic E-state index is 11.2. The van der Waals surface area contributed by atoms with Gasteiger partial charge in [-0.05, 0) is 13.8 Å². The Hall–Kier alpha value is -1.32. The SMILES string of the molecule is C=CCC(C)OC(=O)CCC(=O)OCC. The second kappa shape index (κ2) is 8.03. The van der Waals surface area contributed by atoms with E-state index in [1.807, 2.05) is 0 Å². The van der Waals surface area contributed by atoms with Crippen molar-refractivity contribution in [2.24, 2.45) is 0 Å². The minimum Gasteiger partial charge on any atom is -0.466 e. The number of hydrogen-bond donors (Lipinski definition) is 0. The predicted octanol–water partition coefficient (Wildman–Crippen LogP) is 1.84. The Morgan fingerprint density at radius 1 is 1.33 bits per heavy atom. The standard InChI is InChI=1S/C11H18O4/c1-4-6-9(3)15-11(13)8-7-10(12)14-5-2/h4,9H,1,5-8H2,2-3H3. The van der Waals surface area contributed by atoms with Crippen molar-refractivity contribution < 1.29 is 19.1 Å². The molecular formula is C11H18O4. The van der Waals surface area contributed by atoms with Crippen molar-refractivity contribution in [3.8, 4) is 0 Å². The van der Waals surface area contributed by atoms with E-state index >= 15 is 0 Å². The maximum Gasteiger partial charge on any atom is 0.306 e. The van der Waals surface area contributed by atoms with Crippen LogP contribution in [0.1, 0.15) is 33.1 Å². The lowest BCUT2D eigenvalue weighted by Gasteiger charge is -2.10. The number of carbonyl (C=O) groups is 2. The monoisotopic (exact) mass is 214 g/mol. The molecule has 0 aromatic rings. The van der Waals surface area contributed by atoms with E-state index in [0.29, 0.717) is 13.0 Å². The summed E-state index contributed by atoms with van der Waals surface area (Å²) in [5.41, 5.74) is 0. The molecule has 0 amide bonds. The van der Waals surface area contributed by atoms with Crippen LogP contribution < -0.4 is 0 Å². The van der Waals surface area contributed by atoms with E-state index in [9.17, 15) is 9.59 Å². The van der Waals surface area contributed by atoms with Crippen LogP contribution in [0, 0.1) is 0 Å². The second-order valence-electron chi connectivity index (χ2n) is 3.13. The molecule has 4 heteroatoms. The minimum atomic E-state index is -0.377. The Kier molecular flexibility index (Phi) is 7.32. The summed E-state index contributed by atoms with van der Waals surface area (Å²) in [6, 6.07) is 0. The van der Waals surface area contributed by atoms with Crippen LogP contribution in [0.2, 0.25) is 0 Å². The van der Waals surface area contributed by atoms with Gasteiger partial charge in [-0.3, -0.25) is 9.59 Å². The number of ether oxygens (including phenoxy) is 2. The van der Waals surface area contributed by atoms with Gasteiger partial charge in [-0.1, -0.05) is 6.08 Å². The Labute approximate surface area is 90.2 Å². The minimum absolute atomic E-state index is 0.0698. The van der Waals surface area contributed by atoms with Crippen molar-refractivity contribution >= 4 is 11.9 Å². The van der Waals surface area contributed by atoms with E-state index < -0.39 is 0 Å². The largest absolute Gasteiger partial charge is 0.466 e. The van der Waals surface area contributed by atoms with E-state index in [2.05, 4.69) is 11.3 Å². The highest BCUT2D eigenvalue weighted by Gasteiger charge is 2.11. The summed E-state index contributed by atoms with van der Waals surface area (Å²) in [4.78, 5) is 22.1. The third-order valence-electron chi connectivity index (χ3n) is 1.67. The Morgan fingerprint density at radius 2 is 1.93 bits per heavy atom. The van der Waals surface area contributed by atoms with Crippen LogP contribution >= 0.6 is 0 Å². The lowest BCUT2D eigenvalue weighted by Crippen LogP contribution is -2.15. The average molecular weight is 214 g/mol. The van der Waals surface area contributed by atoms with Crippen LogP contribution in [0.25, 0.3) is 0 Å². The molecule has 0 saturated carbocycles. The van der Waals surface area contributed by atoms with Crippen LogP contribution in [0.3, 0.4) is 0 Å². The number of rotatable bonds is 7. The summed E-state index contributed by atoms with van der Waals surface area (Å²) in [5, 5.41) is 0. The zero-order valence-electron chi connectivity index (χ0n) is 9.32. The summed E-state index contributed by atoms with van der Waals surface area (Å²) in [7, 11) is 0. The van der Waals surface area contributed by atoms with Gasteiger partial charge in [-0.2, -0.15) is 0 Å². The average Bonchev–Trinajstić information content (AvgIpc) is 2.15. The first kappa shape index (κ1) is 13.7. The topological polar surface area (TPSA) is 52.6 Å². The summed E-state index contributed by atoms with van der Waals surface area (Å²) in [5.74, 6) is -0.747. The van der Waals surface area contributed by atoms with Gasteiger partial charge in [-0.15, -0.1) is 6.58 Å². The molecule has 0 aliphatic heterocycles. The van der Waals surface area contributed by atoms with E-state index in [-0.39, 0.29) is 30.9 Å². The Balaban J connectivity index is 3.65. The molecule has 0 aromatic heterocycles. The summed E-state index contributed by atoms with van der Waals surface area (Å²) >= 11 is 0. The van der Waals surface area contributed by atoms with Gasteiger partial charge in [0.05, 0.1) is 19.4 Å². The molecule has 4 nitrogen and oxygen atoms in total. The molecule has 0 aromatic carbocycles. The third kappa shape index (κ3) is 7.73. The number of hydrogen-bond acceptors (Lipinski definition) is 4. The van der Waals surface area contributed by atoms with Gasteiger partial charge in [0.1, 0.15) is 6.10 Å². The Morgan fingerprint density at radius 3 is 2.47 bits per heavy atom. The van der Waals surface area contributed by atoms with Crippen LogP contribution in [0.5, 0.6) is 0 Å². The van der Waals surface area contributed by atoms with Crippen LogP contribution in [0.4, 0.5) is 0 Å². The third-order valence-corrected chi connectivity index (χ3v) is 1.67. The molecular weight excluding hydrogens is 196 g/mol. The molecule has 0 N–H and O–H groups in total. The molecule has 15 heavy (non-hydrogen) atoms. The molecule has 0 saturated heterocycles. The molecule has 0 bridgehead atoms. The van der Waals surface area contributed by atoms with E-state index in [4.69, 9.17) is 4.74 Å². The molecule has 1 atom stereocenters. The highest BCUT2D eigenvalue weighted by molar-refractivity contribution is 5.77. The van der Waals surface area contributed by atoms with Gasteiger partial charge < -0.3 is 9.47 Å². The van der Waals surface area contributed by atoms with Gasteiger partial charge in [0.15, 0.2) is 0 Å². The first-order chi connectivity index (χ1) is 7.10. The molecule has 0 spiro atoms. The first-order valence-corrected chi connectivity index (χ1v) is 5.06. The molecule has 1 unspecified atom stereocenters. The lowest BCUT2D eigenvalue weighted by molar-refractivity contribution is -0.152. The predicted molar refractivity (Wildman–Crippen MR) is 56.2 cm³/mol. The van der Waals surface area contributed by atoms with Crippen molar-refractivity contribution in [2.75, 3.05) is 6.61 Å². The quantitative estimate of drug-likeness (QED) is 0.479. The summed E-state index contributed by atoms with van der Waals surface area (Å²) < 4.78 is 9.68. The first-order valence-electron chi connectivity index (χ1n) is 5.06. The molecule has 0 fully saturated rings. The fourth-order valence-corrected chi connectivity index (χ4v) is 1.00. The molecule has 0 heterocycles. The molecule has 86 valence electrons. The van der Waals surface area contributed by atoms with E-state index in [1.54, 1.807) is 19.9 Å². The van der Waals surface area contributed by atoms with E-state index in [1.165, 1.54) is 0 Å².